The summed E-state index contributed by atoms with van der Waals surface area (Å²) in [5.74, 6) is 0.569. The number of anilines is 1. The molecule has 2 atom stereocenters. The van der Waals surface area contributed by atoms with Crippen LogP contribution >= 0.6 is 15.9 Å². The van der Waals surface area contributed by atoms with Crippen LogP contribution < -0.4 is 9.64 Å². The third-order valence-electron chi connectivity index (χ3n) is 7.49. The number of allylic oxidation sites excluding steroid dienone is 3. The van der Waals surface area contributed by atoms with Crippen LogP contribution in [0.3, 0.4) is 0 Å². The van der Waals surface area contributed by atoms with Crippen molar-refractivity contribution in [3.8, 4) is 6.01 Å². The molecule has 6 nitrogen and oxygen atoms in total. The van der Waals surface area contributed by atoms with Gasteiger partial charge in [-0.1, -0.05) is 65.9 Å². The van der Waals surface area contributed by atoms with E-state index in [0.29, 0.717) is 53.9 Å². The first-order chi connectivity index (χ1) is 18.6. The molecule has 0 N–H and O–H groups in total. The maximum Gasteiger partial charge on any atom is 0.319 e. The summed E-state index contributed by atoms with van der Waals surface area (Å²) in [4.78, 5) is 16.6. The van der Waals surface area contributed by atoms with E-state index in [2.05, 4.69) is 53.5 Å². The van der Waals surface area contributed by atoms with Gasteiger partial charge in [0.1, 0.15) is 11.5 Å². The highest BCUT2D eigenvalue weighted by Crippen LogP contribution is 2.44. The third-order valence-corrected chi connectivity index (χ3v) is 8.21. The molecule has 218 valence electrons. The Morgan fingerprint density at radius 1 is 1.21 bits per heavy atom. The lowest BCUT2D eigenvalue weighted by Gasteiger charge is -2.31. The van der Waals surface area contributed by atoms with Gasteiger partial charge in [-0.25, -0.2) is 4.39 Å². The molecule has 2 aliphatic rings. The van der Waals surface area contributed by atoms with E-state index in [0.717, 1.165) is 37.8 Å². The van der Waals surface area contributed by atoms with Gasteiger partial charge in [-0.3, -0.25) is 4.99 Å². The Bertz CT molecular complexity index is 1070. The number of fused-ring (bicyclic) bond motifs is 1. The highest BCUT2D eigenvalue weighted by molar-refractivity contribution is 9.12. The number of unbranched alkanes of at least 4 members (excludes halogenated alkanes) is 3. The van der Waals surface area contributed by atoms with Crippen LogP contribution in [-0.2, 0) is 4.74 Å². The second kappa shape index (κ2) is 14.7. The van der Waals surface area contributed by atoms with Crippen LogP contribution in [0.5, 0.6) is 6.01 Å². The quantitative estimate of drug-likeness (QED) is 0.223. The number of ether oxygens (including phenoxy) is 2. The zero-order chi connectivity index (χ0) is 28.6. The fraction of sp³-hybridized carbons (Fsp3) is 0.710. The largest absolute Gasteiger partial charge is 0.463 e. The zero-order valence-corrected chi connectivity index (χ0v) is 26.7. The van der Waals surface area contributed by atoms with Crippen molar-refractivity contribution in [3.63, 3.8) is 0 Å². The van der Waals surface area contributed by atoms with Crippen molar-refractivity contribution in [3.05, 3.63) is 21.8 Å². The van der Waals surface area contributed by atoms with Crippen molar-refractivity contribution >= 4 is 38.9 Å². The predicted molar refractivity (Wildman–Crippen MR) is 165 cm³/mol. The van der Waals surface area contributed by atoms with Crippen molar-refractivity contribution in [1.29, 1.82) is 0 Å². The molecular formula is C31H48BrFN4O2. The minimum Gasteiger partial charge on any atom is -0.463 e. The van der Waals surface area contributed by atoms with Gasteiger partial charge in [0, 0.05) is 30.1 Å². The average Bonchev–Trinajstić information content (AvgIpc) is 3.13. The van der Waals surface area contributed by atoms with Crippen molar-refractivity contribution in [2.75, 3.05) is 37.8 Å². The van der Waals surface area contributed by atoms with Gasteiger partial charge < -0.3 is 14.4 Å². The van der Waals surface area contributed by atoms with E-state index in [1.54, 1.807) is 0 Å². The number of hydrogen-bond donors (Lipinski definition) is 0. The summed E-state index contributed by atoms with van der Waals surface area (Å²) in [5, 5.41) is 0. The predicted octanol–water partition coefficient (Wildman–Crippen LogP) is 8.40. The Hall–Kier alpha value is -1.80. The van der Waals surface area contributed by atoms with E-state index in [1.807, 2.05) is 26.8 Å². The first-order valence-electron chi connectivity index (χ1n) is 14.8. The summed E-state index contributed by atoms with van der Waals surface area (Å²) in [7, 11) is 0. The number of aromatic nitrogens is 2. The molecule has 39 heavy (non-hydrogen) atoms. The Kier molecular flexibility index (Phi) is 12.0. The second-order valence-electron chi connectivity index (χ2n) is 11.7. The van der Waals surface area contributed by atoms with Crippen molar-refractivity contribution in [1.82, 2.24) is 9.97 Å². The zero-order valence-electron chi connectivity index (χ0n) is 25.1. The highest BCUT2D eigenvalue weighted by Gasteiger charge is 2.35. The van der Waals surface area contributed by atoms with Crippen molar-refractivity contribution in [2.24, 2.45) is 16.3 Å². The van der Waals surface area contributed by atoms with Gasteiger partial charge in [-0.05, 0) is 55.5 Å². The molecule has 3 rings (SSSR count). The van der Waals surface area contributed by atoms with Gasteiger partial charge in [-0.15, -0.1) is 0 Å². The lowest BCUT2D eigenvalue weighted by molar-refractivity contribution is 0.125. The van der Waals surface area contributed by atoms with E-state index in [4.69, 9.17) is 19.5 Å². The molecule has 2 heterocycles. The van der Waals surface area contributed by atoms with Crippen LogP contribution in [0.1, 0.15) is 105 Å². The number of nitrogens with zero attached hydrogens (tertiary/aromatic N) is 4. The molecule has 1 aliphatic heterocycles. The number of halogens is 2. The molecule has 0 radical (unpaired) electrons. The molecule has 1 aromatic rings. The SMILES string of the molecule is C/C=C1\C(=NC(C)C)C(Br)=C(F)c2nc(OCC(C)(CCCC)CCCCC)nc(N3CCOCC(C)C3)c21. The fourth-order valence-electron chi connectivity index (χ4n) is 5.32. The summed E-state index contributed by atoms with van der Waals surface area (Å²) >= 11 is 3.50. The van der Waals surface area contributed by atoms with Gasteiger partial charge >= 0.3 is 6.01 Å². The third kappa shape index (κ3) is 8.12. The second-order valence-corrected chi connectivity index (χ2v) is 12.5. The summed E-state index contributed by atoms with van der Waals surface area (Å²) in [6.45, 7) is 18.1. The smallest absolute Gasteiger partial charge is 0.319 e. The standard InChI is InChI=1S/C31H48BrFN4O2/c1-8-11-13-15-31(7,14-12-9-2)20-39-30-35-28-24(29(36-30)37-16-17-38-19-22(6)18-37)23(10-3)27(34-21(4)5)25(32)26(28)33/h10,21-22H,8-9,11-20H2,1-7H3/b23-10-,34-27?. The summed E-state index contributed by atoms with van der Waals surface area (Å²) in [5.41, 5.74) is 2.39. The first-order valence-corrected chi connectivity index (χ1v) is 15.6. The normalized spacial score (nSPS) is 21.9. The Balaban J connectivity index is 2.10. The molecule has 0 saturated carbocycles. The van der Waals surface area contributed by atoms with Crippen LogP contribution in [0, 0.1) is 11.3 Å². The molecule has 0 spiro atoms. The average molecular weight is 608 g/mol. The topological polar surface area (TPSA) is 59.8 Å². The van der Waals surface area contributed by atoms with Crippen LogP contribution in [0.2, 0.25) is 0 Å². The van der Waals surface area contributed by atoms with Crippen molar-refractivity contribution in [2.45, 2.75) is 99.5 Å². The summed E-state index contributed by atoms with van der Waals surface area (Å²) in [6, 6.07) is 0.235. The Labute approximate surface area is 243 Å². The molecule has 0 amide bonds. The minimum atomic E-state index is -0.431. The molecular weight excluding hydrogens is 559 g/mol. The Morgan fingerprint density at radius 2 is 1.92 bits per heavy atom. The van der Waals surface area contributed by atoms with Crippen molar-refractivity contribution < 1.29 is 13.9 Å². The first kappa shape index (κ1) is 31.7. The van der Waals surface area contributed by atoms with E-state index in [9.17, 15) is 0 Å². The maximum atomic E-state index is 16.0. The van der Waals surface area contributed by atoms with Crippen LogP contribution in [0.15, 0.2) is 15.6 Å². The molecule has 1 fully saturated rings. The van der Waals surface area contributed by atoms with Crippen LogP contribution in [0.25, 0.3) is 11.4 Å². The summed E-state index contributed by atoms with van der Waals surface area (Å²) < 4.78 is 28.6. The van der Waals surface area contributed by atoms with Gasteiger partial charge in [0.2, 0.25) is 0 Å². The number of aliphatic imine (C=N–C) groups is 1. The molecule has 0 bridgehead atoms. The minimum absolute atomic E-state index is 0.00365. The molecule has 8 heteroatoms. The summed E-state index contributed by atoms with van der Waals surface area (Å²) in [6.07, 6.45) is 10.0. The molecule has 0 aromatic carbocycles. The molecule has 1 saturated heterocycles. The molecule has 2 unspecified atom stereocenters. The van der Waals surface area contributed by atoms with E-state index < -0.39 is 5.83 Å². The van der Waals surface area contributed by atoms with Crippen LogP contribution in [0.4, 0.5) is 10.2 Å². The lowest BCUT2D eigenvalue weighted by Crippen LogP contribution is -2.32. The molecule has 1 aliphatic carbocycles. The number of rotatable bonds is 12. The van der Waals surface area contributed by atoms with Gasteiger partial charge in [0.15, 0.2) is 5.83 Å². The number of hydrogen-bond acceptors (Lipinski definition) is 6. The van der Waals surface area contributed by atoms with E-state index in [1.165, 1.54) is 19.3 Å². The highest BCUT2D eigenvalue weighted by atomic mass is 79.9. The van der Waals surface area contributed by atoms with Gasteiger partial charge in [0.25, 0.3) is 0 Å². The fourth-order valence-corrected chi connectivity index (χ4v) is 5.83. The Morgan fingerprint density at radius 3 is 2.59 bits per heavy atom. The van der Waals surface area contributed by atoms with Gasteiger partial charge in [0.05, 0.1) is 35.6 Å². The molecule has 1 aromatic heterocycles. The van der Waals surface area contributed by atoms with E-state index in [-0.39, 0.29) is 23.2 Å². The lowest BCUT2D eigenvalue weighted by atomic mass is 9.81. The van der Waals surface area contributed by atoms with Gasteiger partial charge in [-0.2, -0.15) is 9.97 Å². The van der Waals surface area contributed by atoms with Crippen LogP contribution in [-0.4, -0.2) is 54.6 Å². The van der Waals surface area contributed by atoms with E-state index >= 15 is 4.39 Å². The monoisotopic (exact) mass is 606 g/mol. The maximum absolute atomic E-state index is 16.0.